The van der Waals surface area contributed by atoms with Gasteiger partial charge in [-0.05, 0) is 35.4 Å². The van der Waals surface area contributed by atoms with Crippen molar-refractivity contribution in [2.45, 2.75) is 13.2 Å². The lowest BCUT2D eigenvalue weighted by molar-refractivity contribution is 0.185. The Morgan fingerprint density at radius 1 is 1.06 bits per heavy atom. The first-order chi connectivity index (χ1) is 8.78. The average molecular weight is 306 g/mol. The summed E-state index contributed by atoms with van der Waals surface area (Å²) in [7, 11) is 1.72. The fourth-order valence-electron chi connectivity index (χ4n) is 1.77. The second kappa shape index (κ2) is 6.57. The molecule has 0 heterocycles. The predicted octanol–water partition coefficient (Wildman–Crippen LogP) is 4.21. The van der Waals surface area contributed by atoms with Gasteiger partial charge in [0.25, 0.3) is 0 Å². The molecule has 0 radical (unpaired) electrons. The summed E-state index contributed by atoms with van der Waals surface area (Å²) in [5, 5.41) is 3.40. The van der Waals surface area contributed by atoms with E-state index in [0.717, 1.165) is 16.7 Å². The molecular formula is C15H16BrNO. The van der Waals surface area contributed by atoms with Crippen molar-refractivity contribution in [2.24, 2.45) is 0 Å². The molecule has 0 aliphatic rings. The highest BCUT2D eigenvalue weighted by Gasteiger charge is 1.97. The number of ether oxygens (including phenoxy) is 1. The average Bonchev–Trinajstić information content (AvgIpc) is 2.39. The van der Waals surface area contributed by atoms with Gasteiger partial charge in [-0.1, -0.05) is 40.2 Å². The Labute approximate surface area is 116 Å². The van der Waals surface area contributed by atoms with Crippen molar-refractivity contribution in [2.75, 3.05) is 12.4 Å². The molecule has 1 N–H and O–H groups in total. The second-order valence-electron chi connectivity index (χ2n) is 4.11. The van der Waals surface area contributed by atoms with E-state index in [2.05, 4.69) is 57.6 Å². The molecule has 18 heavy (non-hydrogen) atoms. The minimum Gasteiger partial charge on any atom is -0.381 e. The van der Waals surface area contributed by atoms with Crippen LogP contribution >= 0.6 is 15.9 Å². The van der Waals surface area contributed by atoms with Crippen LogP contribution in [0.1, 0.15) is 11.1 Å². The third-order valence-corrected chi connectivity index (χ3v) is 3.17. The number of anilines is 1. The van der Waals surface area contributed by atoms with Gasteiger partial charge in [0.1, 0.15) is 0 Å². The molecule has 3 heteroatoms. The molecule has 0 saturated carbocycles. The molecule has 2 aromatic rings. The van der Waals surface area contributed by atoms with E-state index in [1.165, 1.54) is 11.1 Å². The van der Waals surface area contributed by atoms with Crippen LogP contribution in [0.4, 0.5) is 5.69 Å². The molecule has 0 aromatic heterocycles. The van der Waals surface area contributed by atoms with E-state index >= 15 is 0 Å². The van der Waals surface area contributed by atoms with Gasteiger partial charge < -0.3 is 10.1 Å². The van der Waals surface area contributed by atoms with Crippen molar-refractivity contribution in [3.63, 3.8) is 0 Å². The number of hydrogen-bond donors (Lipinski definition) is 1. The molecule has 2 aromatic carbocycles. The van der Waals surface area contributed by atoms with Crippen molar-refractivity contribution in [1.29, 1.82) is 0 Å². The minimum atomic E-state index is 0.659. The summed E-state index contributed by atoms with van der Waals surface area (Å²) >= 11 is 3.43. The van der Waals surface area contributed by atoms with E-state index < -0.39 is 0 Å². The summed E-state index contributed by atoms with van der Waals surface area (Å²) in [5.41, 5.74) is 3.58. The van der Waals surface area contributed by atoms with Crippen molar-refractivity contribution in [3.05, 3.63) is 64.1 Å². The highest BCUT2D eigenvalue weighted by Crippen LogP contribution is 2.15. The second-order valence-corrected chi connectivity index (χ2v) is 5.03. The molecule has 0 amide bonds. The highest BCUT2D eigenvalue weighted by molar-refractivity contribution is 9.10. The number of benzene rings is 2. The van der Waals surface area contributed by atoms with Gasteiger partial charge in [-0.3, -0.25) is 0 Å². The number of hydrogen-bond acceptors (Lipinski definition) is 2. The predicted molar refractivity (Wildman–Crippen MR) is 78.6 cm³/mol. The standard InChI is InChI=1S/C15H16BrNO/c1-18-11-13-4-2-3-12(9-13)10-17-15-7-5-14(16)6-8-15/h2-9,17H,10-11H2,1H3. The maximum absolute atomic E-state index is 5.13. The van der Waals surface area contributed by atoms with Crippen LogP contribution in [0.2, 0.25) is 0 Å². The maximum atomic E-state index is 5.13. The Hall–Kier alpha value is -1.32. The lowest BCUT2D eigenvalue weighted by Gasteiger charge is -2.08. The van der Waals surface area contributed by atoms with E-state index in [0.29, 0.717) is 6.61 Å². The van der Waals surface area contributed by atoms with Crippen LogP contribution in [0.3, 0.4) is 0 Å². The van der Waals surface area contributed by atoms with Crippen LogP contribution in [-0.4, -0.2) is 7.11 Å². The molecule has 0 unspecified atom stereocenters. The minimum absolute atomic E-state index is 0.659. The Bertz CT molecular complexity index is 496. The number of methoxy groups -OCH3 is 1. The first-order valence-electron chi connectivity index (χ1n) is 5.84. The molecule has 2 nitrogen and oxygen atoms in total. The van der Waals surface area contributed by atoms with Gasteiger partial charge in [-0.25, -0.2) is 0 Å². The summed E-state index contributed by atoms with van der Waals surface area (Å²) in [6, 6.07) is 16.6. The van der Waals surface area contributed by atoms with Gasteiger partial charge >= 0.3 is 0 Å². The fourth-order valence-corrected chi connectivity index (χ4v) is 2.03. The molecule has 0 spiro atoms. The Morgan fingerprint density at radius 2 is 1.78 bits per heavy atom. The van der Waals surface area contributed by atoms with Gasteiger partial charge in [0.05, 0.1) is 6.61 Å². The summed E-state index contributed by atoms with van der Waals surface area (Å²) in [6.07, 6.45) is 0. The zero-order valence-corrected chi connectivity index (χ0v) is 11.9. The molecule has 0 saturated heterocycles. The normalized spacial score (nSPS) is 10.3. The topological polar surface area (TPSA) is 21.3 Å². The number of nitrogens with one attached hydrogen (secondary N) is 1. The Balaban J connectivity index is 1.97. The SMILES string of the molecule is COCc1cccc(CNc2ccc(Br)cc2)c1. The molecule has 0 aliphatic carbocycles. The van der Waals surface area contributed by atoms with Crippen molar-refractivity contribution in [1.82, 2.24) is 0 Å². The highest BCUT2D eigenvalue weighted by atomic mass is 79.9. The molecule has 0 fully saturated rings. The van der Waals surface area contributed by atoms with Crippen molar-refractivity contribution in [3.8, 4) is 0 Å². The van der Waals surface area contributed by atoms with Crippen LogP contribution < -0.4 is 5.32 Å². The van der Waals surface area contributed by atoms with Gasteiger partial charge in [-0.2, -0.15) is 0 Å². The van der Waals surface area contributed by atoms with Crippen LogP contribution in [0.5, 0.6) is 0 Å². The van der Waals surface area contributed by atoms with E-state index in [9.17, 15) is 0 Å². The molecule has 2 rings (SSSR count). The third kappa shape index (κ3) is 3.86. The van der Waals surface area contributed by atoms with Crippen LogP contribution in [0, 0.1) is 0 Å². The van der Waals surface area contributed by atoms with Crippen LogP contribution in [0.15, 0.2) is 53.0 Å². The molecule has 0 aliphatic heterocycles. The van der Waals surface area contributed by atoms with E-state index in [-0.39, 0.29) is 0 Å². The monoisotopic (exact) mass is 305 g/mol. The first kappa shape index (κ1) is 13.1. The smallest absolute Gasteiger partial charge is 0.0713 e. The number of rotatable bonds is 5. The van der Waals surface area contributed by atoms with Gasteiger partial charge in [0, 0.05) is 23.8 Å². The number of halogens is 1. The zero-order valence-electron chi connectivity index (χ0n) is 10.3. The van der Waals surface area contributed by atoms with Crippen LogP contribution in [0.25, 0.3) is 0 Å². The largest absolute Gasteiger partial charge is 0.381 e. The molecular weight excluding hydrogens is 290 g/mol. The van der Waals surface area contributed by atoms with Crippen molar-refractivity contribution >= 4 is 21.6 Å². The lowest BCUT2D eigenvalue weighted by Crippen LogP contribution is -2.00. The fraction of sp³-hybridized carbons (Fsp3) is 0.200. The summed E-state index contributed by atoms with van der Waals surface area (Å²) in [5.74, 6) is 0. The Morgan fingerprint density at radius 3 is 2.50 bits per heavy atom. The van der Waals surface area contributed by atoms with Gasteiger partial charge in [-0.15, -0.1) is 0 Å². The van der Waals surface area contributed by atoms with Gasteiger partial charge in [0.15, 0.2) is 0 Å². The molecule has 94 valence electrons. The first-order valence-corrected chi connectivity index (χ1v) is 6.63. The summed E-state index contributed by atoms with van der Waals surface area (Å²) < 4.78 is 6.23. The lowest BCUT2D eigenvalue weighted by atomic mass is 10.1. The maximum Gasteiger partial charge on any atom is 0.0713 e. The Kier molecular flexibility index (Phi) is 4.79. The quantitative estimate of drug-likeness (QED) is 0.893. The van der Waals surface area contributed by atoms with Gasteiger partial charge in [0.2, 0.25) is 0 Å². The van der Waals surface area contributed by atoms with E-state index in [1.54, 1.807) is 7.11 Å². The zero-order chi connectivity index (χ0) is 12.8. The third-order valence-electron chi connectivity index (χ3n) is 2.64. The molecule has 0 bridgehead atoms. The van der Waals surface area contributed by atoms with E-state index in [4.69, 9.17) is 4.74 Å². The molecule has 0 atom stereocenters. The van der Waals surface area contributed by atoms with Crippen LogP contribution in [-0.2, 0) is 17.9 Å². The van der Waals surface area contributed by atoms with Crippen molar-refractivity contribution < 1.29 is 4.74 Å². The summed E-state index contributed by atoms with van der Waals surface area (Å²) in [4.78, 5) is 0. The summed E-state index contributed by atoms with van der Waals surface area (Å²) in [6.45, 7) is 1.48. The van der Waals surface area contributed by atoms with E-state index in [1.807, 2.05) is 12.1 Å².